The van der Waals surface area contributed by atoms with Gasteiger partial charge in [-0.2, -0.15) is 5.10 Å². The summed E-state index contributed by atoms with van der Waals surface area (Å²) in [5, 5.41) is 7.68. The number of carbonyl (C=O) groups is 1. The summed E-state index contributed by atoms with van der Waals surface area (Å²) in [7, 11) is 0. The van der Waals surface area contributed by atoms with Crippen LogP contribution in [0.3, 0.4) is 0 Å². The number of nitrogens with zero attached hydrogens (tertiary/aromatic N) is 4. The lowest BCUT2D eigenvalue weighted by molar-refractivity contribution is 0.0952. The fourth-order valence-electron chi connectivity index (χ4n) is 3.88. The van der Waals surface area contributed by atoms with Gasteiger partial charge in [-0.05, 0) is 28.8 Å². The Labute approximate surface area is 196 Å². The molecule has 0 aliphatic rings. The third kappa shape index (κ3) is 4.49. The first-order valence-corrected chi connectivity index (χ1v) is 11.1. The van der Waals surface area contributed by atoms with Gasteiger partial charge in [-0.3, -0.25) is 14.2 Å². The summed E-state index contributed by atoms with van der Waals surface area (Å²) < 4.78 is 3.22. The molecule has 34 heavy (non-hydrogen) atoms. The van der Waals surface area contributed by atoms with Gasteiger partial charge in [0.2, 0.25) is 0 Å². The highest BCUT2D eigenvalue weighted by molar-refractivity contribution is 5.94. The van der Waals surface area contributed by atoms with Crippen molar-refractivity contribution in [3.63, 3.8) is 0 Å². The molecule has 3 aromatic carbocycles. The first kappa shape index (κ1) is 21.3. The van der Waals surface area contributed by atoms with E-state index in [1.807, 2.05) is 84.9 Å². The Bertz CT molecular complexity index is 1470. The normalized spacial score (nSPS) is 10.9. The van der Waals surface area contributed by atoms with Gasteiger partial charge >= 0.3 is 0 Å². The van der Waals surface area contributed by atoms with Crippen molar-refractivity contribution in [3.8, 4) is 11.1 Å². The summed E-state index contributed by atoms with van der Waals surface area (Å²) in [6.07, 6.45) is 3.08. The topological polar surface area (TPSA) is 81.8 Å². The second kappa shape index (κ2) is 9.54. The minimum absolute atomic E-state index is 0.136. The SMILES string of the molecule is O=C(NCCn1ncc2c(=O)n(Cc3ccccc3)cnc21)c1ccc(-c2ccccc2)cc1. The lowest BCUT2D eigenvalue weighted by atomic mass is 10.0. The summed E-state index contributed by atoms with van der Waals surface area (Å²) >= 11 is 0. The smallest absolute Gasteiger partial charge is 0.264 e. The van der Waals surface area contributed by atoms with E-state index >= 15 is 0 Å². The van der Waals surface area contributed by atoms with Crippen LogP contribution < -0.4 is 10.9 Å². The zero-order valence-corrected chi connectivity index (χ0v) is 18.5. The molecule has 5 aromatic rings. The number of rotatable bonds is 7. The van der Waals surface area contributed by atoms with E-state index in [2.05, 4.69) is 15.4 Å². The van der Waals surface area contributed by atoms with Gasteiger partial charge in [0.05, 0.1) is 19.3 Å². The predicted octanol–water partition coefficient (Wildman–Crippen LogP) is 3.74. The number of carbonyl (C=O) groups excluding carboxylic acids is 1. The summed E-state index contributed by atoms with van der Waals surface area (Å²) in [5.41, 5.74) is 4.16. The van der Waals surface area contributed by atoms with Gasteiger partial charge in [-0.1, -0.05) is 72.8 Å². The van der Waals surface area contributed by atoms with Crippen LogP contribution in [0.25, 0.3) is 22.2 Å². The Kier molecular flexibility index (Phi) is 5.99. The van der Waals surface area contributed by atoms with Crippen molar-refractivity contribution < 1.29 is 4.79 Å². The summed E-state index contributed by atoms with van der Waals surface area (Å²) in [6, 6.07) is 27.3. The van der Waals surface area contributed by atoms with Crippen molar-refractivity contribution in [1.82, 2.24) is 24.6 Å². The molecule has 0 spiro atoms. The second-order valence-electron chi connectivity index (χ2n) is 7.97. The van der Waals surface area contributed by atoms with E-state index in [1.54, 1.807) is 15.6 Å². The minimum atomic E-state index is -0.158. The van der Waals surface area contributed by atoms with Crippen LogP contribution in [0, 0.1) is 0 Å². The van der Waals surface area contributed by atoms with E-state index in [0.29, 0.717) is 36.2 Å². The molecule has 0 unspecified atom stereocenters. The van der Waals surface area contributed by atoms with Crippen molar-refractivity contribution in [2.45, 2.75) is 13.1 Å². The van der Waals surface area contributed by atoms with E-state index in [9.17, 15) is 9.59 Å². The average molecular weight is 450 g/mol. The van der Waals surface area contributed by atoms with E-state index < -0.39 is 0 Å². The predicted molar refractivity (Wildman–Crippen MR) is 132 cm³/mol. The fourth-order valence-corrected chi connectivity index (χ4v) is 3.88. The van der Waals surface area contributed by atoms with Crippen LogP contribution in [0.2, 0.25) is 0 Å². The number of benzene rings is 3. The molecule has 7 heteroatoms. The van der Waals surface area contributed by atoms with Crippen molar-refractivity contribution in [2.24, 2.45) is 0 Å². The van der Waals surface area contributed by atoms with Crippen LogP contribution in [0.4, 0.5) is 0 Å². The van der Waals surface area contributed by atoms with Gasteiger partial charge in [0.1, 0.15) is 11.7 Å². The molecule has 5 rings (SSSR count). The zero-order chi connectivity index (χ0) is 23.3. The molecule has 7 nitrogen and oxygen atoms in total. The molecule has 1 N–H and O–H groups in total. The van der Waals surface area contributed by atoms with E-state index in [1.165, 1.54) is 6.20 Å². The summed E-state index contributed by atoms with van der Waals surface area (Å²) in [5.74, 6) is -0.158. The lowest BCUT2D eigenvalue weighted by Gasteiger charge is -2.08. The van der Waals surface area contributed by atoms with Crippen LogP contribution in [0.15, 0.2) is 102 Å². The maximum absolute atomic E-state index is 12.8. The third-order valence-corrected chi connectivity index (χ3v) is 5.68. The average Bonchev–Trinajstić information content (AvgIpc) is 3.30. The van der Waals surface area contributed by atoms with Gasteiger partial charge in [0.25, 0.3) is 11.5 Å². The molecule has 0 atom stereocenters. The maximum atomic E-state index is 12.8. The number of fused-ring (bicyclic) bond motifs is 1. The highest BCUT2D eigenvalue weighted by atomic mass is 16.1. The van der Waals surface area contributed by atoms with Crippen molar-refractivity contribution >= 4 is 16.9 Å². The lowest BCUT2D eigenvalue weighted by Crippen LogP contribution is -2.27. The number of amides is 1. The first-order valence-electron chi connectivity index (χ1n) is 11.1. The molecule has 1 amide bonds. The van der Waals surface area contributed by atoms with Gasteiger partial charge in [0.15, 0.2) is 5.65 Å². The van der Waals surface area contributed by atoms with E-state index in [-0.39, 0.29) is 11.5 Å². The second-order valence-corrected chi connectivity index (χ2v) is 7.97. The maximum Gasteiger partial charge on any atom is 0.264 e. The highest BCUT2D eigenvalue weighted by Gasteiger charge is 2.11. The Balaban J connectivity index is 1.22. The Morgan fingerprint density at radius 1 is 0.853 bits per heavy atom. The number of nitrogens with one attached hydrogen (secondary N) is 1. The minimum Gasteiger partial charge on any atom is -0.350 e. The van der Waals surface area contributed by atoms with Crippen molar-refractivity contribution in [2.75, 3.05) is 6.54 Å². The fraction of sp³-hybridized carbons (Fsp3) is 0.111. The van der Waals surface area contributed by atoms with Crippen LogP contribution in [0.1, 0.15) is 15.9 Å². The largest absolute Gasteiger partial charge is 0.350 e. The van der Waals surface area contributed by atoms with Crippen LogP contribution in [-0.2, 0) is 13.1 Å². The molecule has 0 aliphatic heterocycles. The van der Waals surface area contributed by atoms with Crippen LogP contribution >= 0.6 is 0 Å². The molecule has 2 heterocycles. The van der Waals surface area contributed by atoms with E-state index in [4.69, 9.17) is 0 Å². The molecular formula is C27H23N5O2. The molecule has 0 saturated heterocycles. The van der Waals surface area contributed by atoms with Gasteiger partial charge < -0.3 is 5.32 Å². The van der Waals surface area contributed by atoms with Crippen molar-refractivity contribution in [3.05, 3.63) is 119 Å². The molecule has 168 valence electrons. The van der Waals surface area contributed by atoms with Gasteiger partial charge in [-0.15, -0.1) is 0 Å². The number of aromatic nitrogens is 4. The van der Waals surface area contributed by atoms with Gasteiger partial charge in [-0.25, -0.2) is 9.67 Å². The van der Waals surface area contributed by atoms with E-state index in [0.717, 1.165) is 16.7 Å². The zero-order valence-electron chi connectivity index (χ0n) is 18.5. The molecule has 0 fully saturated rings. The molecule has 2 aromatic heterocycles. The number of hydrogen-bond acceptors (Lipinski definition) is 4. The quantitative estimate of drug-likeness (QED) is 0.410. The Hall–Kier alpha value is -4.52. The molecule has 0 aliphatic carbocycles. The summed E-state index contributed by atoms with van der Waals surface area (Å²) in [6.45, 7) is 1.23. The third-order valence-electron chi connectivity index (χ3n) is 5.68. The molecule has 0 saturated carbocycles. The molecule has 0 radical (unpaired) electrons. The van der Waals surface area contributed by atoms with Gasteiger partial charge in [0, 0.05) is 12.1 Å². The molecule has 0 bridgehead atoms. The highest BCUT2D eigenvalue weighted by Crippen LogP contribution is 2.19. The molecular weight excluding hydrogens is 426 g/mol. The standard InChI is InChI=1S/C27H23N5O2/c33-26(23-13-11-22(12-14-23)21-9-5-2-6-10-21)28-15-16-32-25-24(17-30-32)27(34)31(19-29-25)18-20-7-3-1-4-8-20/h1-14,17,19H,15-16,18H2,(H,28,33). The summed E-state index contributed by atoms with van der Waals surface area (Å²) in [4.78, 5) is 29.8. The Morgan fingerprint density at radius 2 is 1.53 bits per heavy atom. The monoisotopic (exact) mass is 449 g/mol. The van der Waals surface area contributed by atoms with Crippen LogP contribution in [-0.4, -0.2) is 31.8 Å². The first-order chi connectivity index (χ1) is 16.7. The number of hydrogen-bond donors (Lipinski definition) is 1. The Morgan fingerprint density at radius 3 is 2.26 bits per heavy atom. The van der Waals surface area contributed by atoms with Crippen molar-refractivity contribution in [1.29, 1.82) is 0 Å². The van der Waals surface area contributed by atoms with Crippen LogP contribution in [0.5, 0.6) is 0 Å².